The van der Waals surface area contributed by atoms with Crippen LogP contribution in [0.4, 0.5) is 10.1 Å². The van der Waals surface area contributed by atoms with Crippen LogP contribution in [-0.2, 0) is 16.1 Å². The van der Waals surface area contributed by atoms with E-state index in [0.29, 0.717) is 16.3 Å². The molecule has 2 heterocycles. The summed E-state index contributed by atoms with van der Waals surface area (Å²) in [5.41, 5.74) is 3.18. The maximum atomic E-state index is 15.2. The van der Waals surface area contributed by atoms with Crippen LogP contribution in [0, 0.1) is 12.7 Å². The van der Waals surface area contributed by atoms with Gasteiger partial charge in [0.1, 0.15) is 6.54 Å². The Labute approximate surface area is 207 Å². The lowest BCUT2D eigenvalue weighted by atomic mass is 9.92. The number of esters is 1. The third kappa shape index (κ3) is 4.07. The molecule has 0 fully saturated rings. The van der Waals surface area contributed by atoms with Crippen LogP contribution >= 0.6 is 23.2 Å². The number of fused-ring (bicyclic) bond motifs is 1. The normalized spacial score (nSPS) is 15.2. The summed E-state index contributed by atoms with van der Waals surface area (Å²) in [5, 5.41) is 4.97. The second kappa shape index (κ2) is 9.39. The van der Waals surface area contributed by atoms with E-state index in [1.807, 2.05) is 26.8 Å². The summed E-state index contributed by atoms with van der Waals surface area (Å²) in [7, 11) is 0. The molecule has 178 valence electrons. The Morgan fingerprint density at radius 1 is 1.24 bits per heavy atom. The van der Waals surface area contributed by atoms with Crippen molar-refractivity contribution >= 4 is 40.8 Å². The van der Waals surface area contributed by atoms with E-state index in [-0.39, 0.29) is 35.5 Å². The fourth-order valence-electron chi connectivity index (χ4n) is 4.50. The highest BCUT2D eigenvalue weighted by molar-refractivity contribution is 6.31. The molecule has 1 aliphatic heterocycles. The molecular formula is C25H24Cl2FN3O3. The van der Waals surface area contributed by atoms with E-state index in [1.165, 1.54) is 21.7 Å². The number of ether oxygens (including phenoxy) is 1. The lowest BCUT2D eigenvalue weighted by molar-refractivity contribution is -0.144. The zero-order valence-electron chi connectivity index (χ0n) is 19.2. The van der Waals surface area contributed by atoms with Gasteiger partial charge in [0, 0.05) is 16.3 Å². The Morgan fingerprint density at radius 3 is 2.62 bits per heavy atom. The number of rotatable bonds is 6. The predicted octanol–water partition coefficient (Wildman–Crippen LogP) is 6.07. The second-order valence-corrected chi connectivity index (χ2v) is 9.26. The molecule has 1 aliphatic rings. The van der Waals surface area contributed by atoms with Crippen molar-refractivity contribution in [2.24, 2.45) is 0 Å². The van der Waals surface area contributed by atoms with Crippen molar-refractivity contribution in [3.05, 3.63) is 80.3 Å². The van der Waals surface area contributed by atoms with Gasteiger partial charge in [-0.1, -0.05) is 49.2 Å². The van der Waals surface area contributed by atoms with Gasteiger partial charge in [-0.05, 0) is 55.2 Å². The lowest BCUT2D eigenvalue weighted by Gasteiger charge is -2.29. The van der Waals surface area contributed by atoms with Gasteiger partial charge in [0.25, 0.3) is 5.91 Å². The summed E-state index contributed by atoms with van der Waals surface area (Å²) >= 11 is 12.3. The second-order valence-electron chi connectivity index (χ2n) is 8.42. The molecule has 6 nitrogen and oxygen atoms in total. The van der Waals surface area contributed by atoms with E-state index in [1.54, 1.807) is 25.1 Å². The highest BCUT2D eigenvalue weighted by Crippen LogP contribution is 2.47. The van der Waals surface area contributed by atoms with Crippen LogP contribution in [0.25, 0.3) is 0 Å². The molecular weight excluding hydrogens is 480 g/mol. The van der Waals surface area contributed by atoms with E-state index in [2.05, 4.69) is 5.10 Å². The van der Waals surface area contributed by atoms with Crippen LogP contribution in [-0.4, -0.2) is 28.3 Å². The number of carbonyl (C=O) groups excluding carboxylic acids is 2. The number of amides is 1. The molecule has 1 amide bonds. The molecule has 9 heteroatoms. The Balaban J connectivity index is 1.97. The Hall–Kier alpha value is -2.90. The van der Waals surface area contributed by atoms with Gasteiger partial charge in [-0.15, -0.1) is 0 Å². The average Bonchev–Trinajstić information content (AvgIpc) is 3.25. The Morgan fingerprint density at radius 2 is 1.97 bits per heavy atom. The van der Waals surface area contributed by atoms with Gasteiger partial charge in [-0.25, -0.2) is 4.39 Å². The molecule has 1 atom stereocenters. The number of anilines is 1. The first-order valence-corrected chi connectivity index (χ1v) is 11.7. The fourth-order valence-corrected chi connectivity index (χ4v) is 4.90. The standard InChI is InChI=1S/C25H24Cl2FN3O3/c1-5-34-19(32)12-30-23(13(2)3)20-22(29-30)25(33)31(18-8-6-7-17(27)21(18)28)24(20)16-10-9-15(26)11-14(16)4/h6-11,13,24H,5,12H2,1-4H3. The summed E-state index contributed by atoms with van der Waals surface area (Å²) in [5.74, 6) is -1.70. The summed E-state index contributed by atoms with van der Waals surface area (Å²) in [6.07, 6.45) is 0. The first-order valence-electron chi connectivity index (χ1n) is 11.0. The molecule has 3 aromatic rings. The van der Waals surface area contributed by atoms with Crippen molar-refractivity contribution in [1.29, 1.82) is 0 Å². The third-order valence-corrected chi connectivity index (χ3v) is 6.36. The molecule has 0 bridgehead atoms. The molecule has 0 saturated heterocycles. The Kier molecular flexibility index (Phi) is 6.69. The molecule has 0 spiro atoms. The van der Waals surface area contributed by atoms with E-state index < -0.39 is 23.7 Å². The van der Waals surface area contributed by atoms with Crippen LogP contribution in [0.5, 0.6) is 0 Å². The summed E-state index contributed by atoms with van der Waals surface area (Å²) in [4.78, 5) is 27.4. The molecule has 1 aromatic heterocycles. The first kappa shape index (κ1) is 24.2. The van der Waals surface area contributed by atoms with Crippen molar-refractivity contribution in [1.82, 2.24) is 9.78 Å². The number of aromatic nitrogens is 2. The highest BCUT2D eigenvalue weighted by atomic mass is 35.5. The highest BCUT2D eigenvalue weighted by Gasteiger charge is 2.46. The van der Waals surface area contributed by atoms with Crippen LogP contribution < -0.4 is 4.90 Å². The number of nitrogens with zero attached hydrogens (tertiary/aromatic N) is 3. The SMILES string of the molecule is CCOC(=O)Cn1nc2c(c1C(C)C)C(c1ccc(Cl)cc1C)N(c1cccc(Cl)c1F)C2=O. The van der Waals surface area contributed by atoms with Crippen molar-refractivity contribution in [3.8, 4) is 0 Å². The molecule has 4 rings (SSSR count). The number of halogens is 3. The van der Waals surface area contributed by atoms with Gasteiger partial charge in [0.2, 0.25) is 0 Å². The first-order chi connectivity index (χ1) is 16.1. The Bertz CT molecular complexity index is 1290. The van der Waals surface area contributed by atoms with E-state index in [9.17, 15) is 9.59 Å². The average molecular weight is 504 g/mol. The number of aryl methyl sites for hydroxylation is 1. The van der Waals surface area contributed by atoms with Gasteiger partial charge in [0.05, 0.1) is 23.4 Å². The maximum absolute atomic E-state index is 15.2. The maximum Gasteiger partial charge on any atom is 0.327 e. The lowest BCUT2D eigenvalue weighted by Crippen LogP contribution is -2.32. The van der Waals surface area contributed by atoms with Crippen molar-refractivity contribution in [2.45, 2.75) is 46.2 Å². The number of hydrogen-bond donors (Lipinski definition) is 0. The van der Waals surface area contributed by atoms with Crippen LogP contribution in [0.3, 0.4) is 0 Å². The molecule has 2 aromatic carbocycles. The van der Waals surface area contributed by atoms with Crippen LogP contribution in [0.15, 0.2) is 36.4 Å². The van der Waals surface area contributed by atoms with Crippen molar-refractivity contribution in [3.63, 3.8) is 0 Å². The van der Waals surface area contributed by atoms with E-state index >= 15 is 4.39 Å². The molecule has 0 N–H and O–H groups in total. The minimum Gasteiger partial charge on any atom is -0.465 e. The van der Waals surface area contributed by atoms with Crippen molar-refractivity contribution in [2.75, 3.05) is 11.5 Å². The predicted molar refractivity (Wildman–Crippen MR) is 129 cm³/mol. The third-order valence-electron chi connectivity index (χ3n) is 5.83. The summed E-state index contributed by atoms with van der Waals surface area (Å²) in [6, 6.07) is 9.22. The summed E-state index contributed by atoms with van der Waals surface area (Å²) < 4.78 is 21.8. The van der Waals surface area contributed by atoms with Crippen LogP contribution in [0.2, 0.25) is 10.0 Å². The number of carbonyl (C=O) groups is 2. The number of benzene rings is 2. The van der Waals surface area contributed by atoms with E-state index in [0.717, 1.165) is 11.1 Å². The fraction of sp³-hybridized carbons (Fsp3) is 0.320. The van der Waals surface area contributed by atoms with Gasteiger partial charge in [0.15, 0.2) is 11.5 Å². The molecule has 34 heavy (non-hydrogen) atoms. The zero-order valence-corrected chi connectivity index (χ0v) is 20.7. The van der Waals surface area contributed by atoms with Crippen molar-refractivity contribution < 1.29 is 18.7 Å². The van der Waals surface area contributed by atoms with Gasteiger partial charge in [-0.3, -0.25) is 19.2 Å². The minimum absolute atomic E-state index is 0.0569. The van der Waals surface area contributed by atoms with E-state index in [4.69, 9.17) is 27.9 Å². The topological polar surface area (TPSA) is 64.4 Å². The molecule has 0 aliphatic carbocycles. The van der Waals surface area contributed by atoms with Crippen LogP contribution in [0.1, 0.15) is 65.6 Å². The number of hydrogen-bond acceptors (Lipinski definition) is 4. The quantitative estimate of drug-likeness (QED) is 0.382. The smallest absolute Gasteiger partial charge is 0.327 e. The molecule has 0 saturated carbocycles. The molecule has 1 unspecified atom stereocenters. The zero-order chi connectivity index (χ0) is 24.7. The minimum atomic E-state index is -0.690. The van der Waals surface area contributed by atoms with Gasteiger partial charge >= 0.3 is 5.97 Å². The summed E-state index contributed by atoms with van der Waals surface area (Å²) in [6.45, 7) is 7.64. The van der Waals surface area contributed by atoms with Gasteiger partial charge < -0.3 is 4.74 Å². The molecule has 0 radical (unpaired) electrons. The van der Waals surface area contributed by atoms with Gasteiger partial charge in [-0.2, -0.15) is 5.10 Å². The monoisotopic (exact) mass is 503 g/mol. The largest absolute Gasteiger partial charge is 0.465 e.